The molecule has 1 aliphatic heterocycles. The van der Waals surface area contributed by atoms with Crippen molar-refractivity contribution < 1.29 is 9.59 Å². The summed E-state index contributed by atoms with van der Waals surface area (Å²) in [4.78, 5) is 25.6. The number of likely N-dealkylation sites (tertiary alicyclic amines) is 1. The minimum atomic E-state index is -0.183. The van der Waals surface area contributed by atoms with Crippen LogP contribution in [-0.2, 0) is 16.1 Å². The zero-order valence-corrected chi connectivity index (χ0v) is 15.6. The molecular weight excluding hydrogens is 328 g/mol. The minimum absolute atomic E-state index is 0.0155. The third-order valence-corrected chi connectivity index (χ3v) is 4.96. The Bertz CT molecular complexity index is 583. The van der Waals surface area contributed by atoms with Crippen molar-refractivity contribution in [1.82, 2.24) is 4.90 Å². The van der Waals surface area contributed by atoms with Gasteiger partial charge in [0.25, 0.3) is 0 Å². The number of carbonyl (C=O) groups excluding carboxylic acids is 2. The van der Waals surface area contributed by atoms with Crippen LogP contribution in [0.25, 0.3) is 0 Å². The zero-order chi connectivity index (χ0) is 18.8. The van der Waals surface area contributed by atoms with E-state index in [2.05, 4.69) is 16.3 Å². The van der Waals surface area contributed by atoms with E-state index in [4.69, 9.17) is 11.5 Å². The molecule has 0 saturated carbocycles. The summed E-state index contributed by atoms with van der Waals surface area (Å²) in [5.74, 6) is -0.101. The summed E-state index contributed by atoms with van der Waals surface area (Å²) >= 11 is 0. The molecule has 26 heavy (non-hydrogen) atoms. The van der Waals surface area contributed by atoms with Crippen LogP contribution in [0.1, 0.15) is 50.5 Å². The average Bonchev–Trinajstić information content (AvgIpc) is 2.62. The van der Waals surface area contributed by atoms with Crippen molar-refractivity contribution in [3.8, 4) is 0 Å². The summed E-state index contributed by atoms with van der Waals surface area (Å²) in [6.45, 7) is 3.31. The maximum absolute atomic E-state index is 12.1. The molecule has 1 fully saturated rings. The number of carbonyl (C=O) groups is 2. The Hall–Kier alpha value is -1.92. The molecule has 2 rings (SSSR count). The van der Waals surface area contributed by atoms with E-state index in [1.54, 1.807) is 0 Å². The highest BCUT2D eigenvalue weighted by molar-refractivity contribution is 5.90. The maximum Gasteiger partial charge on any atom is 0.224 e. The van der Waals surface area contributed by atoms with Crippen LogP contribution in [0.5, 0.6) is 0 Å². The summed E-state index contributed by atoms with van der Waals surface area (Å²) in [5, 5.41) is 2.99. The third kappa shape index (κ3) is 7.14. The SMILES string of the molecule is NCCCCCCC(=O)Nc1cccc(CN2CCC(C(N)=O)CC2)c1. The van der Waals surface area contributed by atoms with Gasteiger partial charge in [-0.15, -0.1) is 0 Å². The van der Waals surface area contributed by atoms with E-state index >= 15 is 0 Å². The summed E-state index contributed by atoms with van der Waals surface area (Å²) in [7, 11) is 0. The van der Waals surface area contributed by atoms with Crippen LogP contribution < -0.4 is 16.8 Å². The van der Waals surface area contributed by atoms with Crippen molar-refractivity contribution in [2.75, 3.05) is 25.0 Å². The number of anilines is 1. The van der Waals surface area contributed by atoms with Gasteiger partial charge in [0.15, 0.2) is 0 Å². The number of benzene rings is 1. The molecule has 6 nitrogen and oxygen atoms in total. The normalized spacial score (nSPS) is 15.7. The highest BCUT2D eigenvalue weighted by Crippen LogP contribution is 2.20. The molecule has 144 valence electrons. The molecule has 0 spiro atoms. The van der Waals surface area contributed by atoms with Crippen molar-refractivity contribution >= 4 is 17.5 Å². The Kier molecular flexibility index (Phi) is 8.58. The van der Waals surface area contributed by atoms with Crippen LogP contribution in [-0.4, -0.2) is 36.3 Å². The largest absolute Gasteiger partial charge is 0.369 e. The van der Waals surface area contributed by atoms with Crippen molar-refractivity contribution in [1.29, 1.82) is 0 Å². The molecule has 0 aromatic heterocycles. The first-order chi connectivity index (χ1) is 12.6. The van der Waals surface area contributed by atoms with Gasteiger partial charge in [-0.1, -0.05) is 25.0 Å². The Morgan fingerprint density at radius 3 is 2.54 bits per heavy atom. The molecule has 5 N–H and O–H groups in total. The summed E-state index contributed by atoms with van der Waals surface area (Å²) in [5.41, 5.74) is 12.9. The highest BCUT2D eigenvalue weighted by Gasteiger charge is 2.22. The maximum atomic E-state index is 12.1. The Morgan fingerprint density at radius 1 is 1.12 bits per heavy atom. The fourth-order valence-corrected chi connectivity index (χ4v) is 3.39. The second-order valence-electron chi connectivity index (χ2n) is 7.15. The number of rotatable bonds is 10. The lowest BCUT2D eigenvalue weighted by molar-refractivity contribution is -0.123. The van der Waals surface area contributed by atoms with Crippen LogP contribution >= 0.6 is 0 Å². The van der Waals surface area contributed by atoms with Gasteiger partial charge in [0, 0.05) is 24.6 Å². The van der Waals surface area contributed by atoms with Crippen molar-refractivity contribution in [3.63, 3.8) is 0 Å². The first-order valence-corrected chi connectivity index (χ1v) is 9.69. The Labute approximate surface area is 156 Å². The van der Waals surface area contributed by atoms with Crippen LogP contribution in [0.2, 0.25) is 0 Å². The van der Waals surface area contributed by atoms with Crippen LogP contribution in [0, 0.1) is 5.92 Å². The molecule has 1 aliphatic rings. The van der Waals surface area contributed by atoms with Crippen molar-refractivity contribution in [2.45, 2.75) is 51.5 Å². The van der Waals surface area contributed by atoms with Gasteiger partial charge in [-0.25, -0.2) is 0 Å². The predicted octanol–water partition coefficient (Wildman–Crippen LogP) is 2.23. The topological polar surface area (TPSA) is 101 Å². The standard InChI is InChI=1S/C20H32N4O2/c21-11-4-2-1-3-8-19(25)23-18-7-5-6-16(14-18)15-24-12-9-17(10-13-24)20(22)26/h5-7,14,17H,1-4,8-13,15,21H2,(H2,22,26)(H,23,25). The van der Waals surface area contributed by atoms with Gasteiger partial charge in [0.05, 0.1) is 0 Å². The van der Waals surface area contributed by atoms with Gasteiger partial charge in [0.2, 0.25) is 11.8 Å². The molecule has 0 radical (unpaired) electrons. The van der Waals surface area contributed by atoms with Crippen LogP contribution in [0.3, 0.4) is 0 Å². The van der Waals surface area contributed by atoms with Gasteiger partial charge in [-0.05, 0) is 63.0 Å². The van der Waals surface area contributed by atoms with Gasteiger partial charge >= 0.3 is 0 Å². The van der Waals surface area contributed by atoms with E-state index in [-0.39, 0.29) is 17.7 Å². The van der Waals surface area contributed by atoms with Crippen LogP contribution in [0.15, 0.2) is 24.3 Å². The van der Waals surface area contributed by atoms with Gasteiger partial charge in [-0.3, -0.25) is 14.5 Å². The first-order valence-electron chi connectivity index (χ1n) is 9.69. The molecule has 0 bridgehead atoms. The Morgan fingerprint density at radius 2 is 1.85 bits per heavy atom. The highest BCUT2D eigenvalue weighted by atomic mass is 16.2. The number of nitrogens with zero attached hydrogens (tertiary/aromatic N) is 1. The molecule has 2 amide bonds. The number of hydrogen-bond donors (Lipinski definition) is 3. The van der Waals surface area contributed by atoms with E-state index in [9.17, 15) is 9.59 Å². The van der Waals surface area contributed by atoms with E-state index in [0.717, 1.165) is 70.4 Å². The lowest BCUT2D eigenvalue weighted by atomic mass is 9.96. The number of amides is 2. The van der Waals surface area contributed by atoms with Crippen molar-refractivity contribution in [2.24, 2.45) is 17.4 Å². The second-order valence-corrected chi connectivity index (χ2v) is 7.15. The number of unbranched alkanes of at least 4 members (excludes halogenated alkanes) is 3. The van der Waals surface area contributed by atoms with Gasteiger partial charge in [0.1, 0.15) is 0 Å². The zero-order valence-electron chi connectivity index (χ0n) is 15.6. The first kappa shape index (κ1) is 20.4. The minimum Gasteiger partial charge on any atom is -0.369 e. The Balaban J connectivity index is 1.75. The quantitative estimate of drug-likeness (QED) is 0.557. The van der Waals surface area contributed by atoms with Crippen LogP contribution in [0.4, 0.5) is 5.69 Å². The fraction of sp³-hybridized carbons (Fsp3) is 0.600. The fourth-order valence-electron chi connectivity index (χ4n) is 3.39. The molecular formula is C20H32N4O2. The van der Waals surface area contributed by atoms with E-state index in [1.165, 1.54) is 5.56 Å². The molecule has 0 unspecified atom stereocenters. The molecule has 1 aromatic rings. The van der Waals surface area contributed by atoms with Crippen molar-refractivity contribution in [3.05, 3.63) is 29.8 Å². The lowest BCUT2D eigenvalue weighted by Gasteiger charge is -2.30. The number of piperidine rings is 1. The van der Waals surface area contributed by atoms with E-state index in [1.807, 2.05) is 18.2 Å². The molecule has 1 aromatic carbocycles. The third-order valence-electron chi connectivity index (χ3n) is 4.96. The molecule has 0 atom stereocenters. The monoisotopic (exact) mass is 360 g/mol. The molecule has 0 aliphatic carbocycles. The smallest absolute Gasteiger partial charge is 0.224 e. The number of hydrogen-bond acceptors (Lipinski definition) is 4. The summed E-state index contributed by atoms with van der Waals surface area (Å²) in [6, 6.07) is 8.01. The van der Waals surface area contributed by atoms with E-state index in [0.29, 0.717) is 6.42 Å². The molecule has 6 heteroatoms. The second kappa shape index (κ2) is 10.9. The van der Waals surface area contributed by atoms with E-state index < -0.39 is 0 Å². The lowest BCUT2D eigenvalue weighted by Crippen LogP contribution is -2.38. The number of primary amides is 1. The average molecular weight is 361 g/mol. The molecule has 1 saturated heterocycles. The van der Waals surface area contributed by atoms with Gasteiger partial charge in [-0.2, -0.15) is 0 Å². The summed E-state index contributed by atoms with van der Waals surface area (Å²) < 4.78 is 0. The summed E-state index contributed by atoms with van der Waals surface area (Å²) in [6.07, 6.45) is 6.28. The number of nitrogens with two attached hydrogens (primary N) is 2. The number of nitrogens with one attached hydrogen (secondary N) is 1. The predicted molar refractivity (Wildman–Crippen MR) is 104 cm³/mol. The molecule has 1 heterocycles. The van der Waals surface area contributed by atoms with Gasteiger partial charge < -0.3 is 16.8 Å².